The monoisotopic (exact) mass is 174 g/mol. The van der Waals surface area contributed by atoms with Crippen molar-refractivity contribution in [3.05, 3.63) is 17.5 Å². The van der Waals surface area contributed by atoms with Crippen molar-refractivity contribution in [1.82, 2.24) is 9.97 Å². The van der Waals surface area contributed by atoms with E-state index >= 15 is 0 Å². The molecule has 1 rings (SSSR count). The Bertz CT molecular complexity index is 232. The van der Waals surface area contributed by atoms with Gasteiger partial charge >= 0.3 is 0 Å². The summed E-state index contributed by atoms with van der Waals surface area (Å²) >= 11 is 5.51. The number of hydrogen-bond acceptors (Lipinski definition) is 4. The number of ether oxygens (including phenoxy) is 1. The molecule has 1 heterocycles. The van der Waals surface area contributed by atoms with Gasteiger partial charge in [0, 0.05) is 0 Å². The van der Waals surface area contributed by atoms with Crippen LogP contribution in [0, 0.1) is 0 Å². The van der Waals surface area contributed by atoms with Crippen LogP contribution in [0.15, 0.2) is 12.4 Å². The van der Waals surface area contributed by atoms with Crippen LogP contribution in [0.1, 0.15) is 0 Å². The smallest absolute Gasteiger partial charge is 0.233 e. The highest BCUT2D eigenvalue weighted by Crippen LogP contribution is 2.08. The topological polar surface area (TPSA) is 55.2 Å². The number of aliphatic hydroxyl groups excluding tert-OH is 1. The molecule has 0 atom stereocenters. The number of aliphatic hydroxyl groups is 1. The third-order valence-corrected chi connectivity index (χ3v) is 1.11. The van der Waals surface area contributed by atoms with E-state index in [0.29, 0.717) is 5.88 Å². The van der Waals surface area contributed by atoms with Crippen LogP contribution < -0.4 is 4.74 Å². The highest BCUT2D eigenvalue weighted by atomic mass is 35.5. The predicted molar refractivity (Wildman–Crippen MR) is 39.6 cm³/mol. The minimum absolute atomic E-state index is 0.0474. The average Bonchev–Trinajstić information content (AvgIpc) is 2.01. The maximum absolute atomic E-state index is 8.39. The number of aromatic nitrogens is 2. The van der Waals surface area contributed by atoms with Gasteiger partial charge in [-0.2, -0.15) is 4.98 Å². The number of rotatable bonds is 3. The Morgan fingerprint density at radius 3 is 3.00 bits per heavy atom. The van der Waals surface area contributed by atoms with Crippen molar-refractivity contribution in [2.75, 3.05) is 13.2 Å². The zero-order valence-electron chi connectivity index (χ0n) is 5.70. The van der Waals surface area contributed by atoms with Gasteiger partial charge in [0.1, 0.15) is 6.61 Å². The van der Waals surface area contributed by atoms with Crippen molar-refractivity contribution in [3.8, 4) is 5.88 Å². The first-order valence-electron chi connectivity index (χ1n) is 3.04. The summed E-state index contributed by atoms with van der Waals surface area (Å²) in [6.07, 6.45) is 2.84. The van der Waals surface area contributed by atoms with Gasteiger partial charge in [-0.05, 0) is 0 Å². The molecule has 0 radical (unpaired) electrons. The van der Waals surface area contributed by atoms with Gasteiger partial charge in [0.15, 0.2) is 5.15 Å². The third kappa shape index (κ3) is 2.69. The van der Waals surface area contributed by atoms with Crippen LogP contribution in [0.2, 0.25) is 5.15 Å². The SMILES string of the molecule is OCCOc1cncc(Cl)n1. The average molecular weight is 175 g/mol. The van der Waals surface area contributed by atoms with Crippen LogP contribution in [0.25, 0.3) is 0 Å². The molecule has 0 spiro atoms. The van der Waals surface area contributed by atoms with E-state index in [1.54, 1.807) is 0 Å². The molecule has 0 bridgehead atoms. The summed E-state index contributed by atoms with van der Waals surface area (Å²) in [6, 6.07) is 0. The molecule has 0 saturated heterocycles. The second kappa shape index (κ2) is 4.10. The lowest BCUT2D eigenvalue weighted by Crippen LogP contribution is -2.03. The zero-order chi connectivity index (χ0) is 8.10. The van der Waals surface area contributed by atoms with Crippen molar-refractivity contribution in [2.24, 2.45) is 0 Å². The Hall–Kier alpha value is -0.870. The maximum Gasteiger partial charge on any atom is 0.233 e. The summed E-state index contributed by atoms with van der Waals surface area (Å²) in [6.45, 7) is 0.156. The maximum atomic E-state index is 8.39. The van der Waals surface area contributed by atoms with E-state index in [2.05, 4.69) is 9.97 Å². The van der Waals surface area contributed by atoms with E-state index in [-0.39, 0.29) is 18.4 Å². The molecule has 60 valence electrons. The van der Waals surface area contributed by atoms with Crippen molar-refractivity contribution in [3.63, 3.8) is 0 Å². The molecule has 0 fully saturated rings. The van der Waals surface area contributed by atoms with E-state index in [0.717, 1.165) is 0 Å². The molecule has 0 aliphatic heterocycles. The molecular formula is C6H7ClN2O2. The van der Waals surface area contributed by atoms with Crippen LogP contribution in [-0.2, 0) is 0 Å². The van der Waals surface area contributed by atoms with E-state index in [1.807, 2.05) is 0 Å². The first kappa shape index (κ1) is 8.23. The second-order valence-electron chi connectivity index (χ2n) is 1.75. The quantitative estimate of drug-likeness (QED) is 0.725. The molecule has 0 aliphatic rings. The molecule has 1 N–H and O–H groups in total. The van der Waals surface area contributed by atoms with Crippen molar-refractivity contribution in [2.45, 2.75) is 0 Å². The highest BCUT2D eigenvalue weighted by Gasteiger charge is 1.95. The fourth-order valence-electron chi connectivity index (χ4n) is 0.545. The fourth-order valence-corrected chi connectivity index (χ4v) is 0.685. The highest BCUT2D eigenvalue weighted by molar-refractivity contribution is 6.29. The molecule has 11 heavy (non-hydrogen) atoms. The number of halogens is 1. The van der Waals surface area contributed by atoms with E-state index < -0.39 is 0 Å². The lowest BCUT2D eigenvalue weighted by molar-refractivity contribution is 0.196. The Kier molecular flexibility index (Phi) is 3.07. The lowest BCUT2D eigenvalue weighted by atomic mass is 10.7. The standard InChI is InChI=1S/C6H7ClN2O2/c7-5-3-8-4-6(9-5)11-2-1-10/h3-4,10H,1-2H2. The van der Waals surface area contributed by atoms with Gasteiger partial charge in [-0.25, -0.2) is 0 Å². The van der Waals surface area contributed by atoms with Crippen LogP contribution in [-0.4, -0.2) is 28.3 Å². The molecule has 0 aromatic carbocycles. The van der Waals surface area contributed by atoms with Gasteiger partial charge < -0.3 is 9.84 Å². The molecule has 0 amide bonds. The fraction of sp³-hybridized carbons (Fsp3) is 0.333. The lowest BCUT2D eigenvalue weighted by Gasteiger charge is -2.00. The summed E-state index contributed by atoms with van der Waals surface area (Å²) in [5.41, 5.74) is 0. The summed E-state index contributed by atoms with van der Waals surface area (Å²) < 4.78 is 4.93. The Morgan fingerprint density at radius 1 is 1.55 bits per heavy atom. The first-order valence-corrected chi connectivity index (χ1v) is 3.42. The Balaban J connectivity index is 2.56. The van der Waals surface area contributed by atoms with Crippen LogP contribution in [0.4, 0.5) is 0 Å². The van der Waals surface area contributed by atoms with Gasteiger partial charge in [-0.1, -0.05) is 11.6 Å². The molecular weight excluding hydrogens is 168 g/mol. The third-order valence-electron chi connectivity index (χ3n) is 0.924. The molecule has 0 aliphatic carbocycles. The van der Waals surface area contributed by atoms with Gasteiger partial charge in [0.25, 0.3) is 0 Å². The summed E-state index contributed by atoms with van der Waals surface area (Å²) in [5.74, 6) is 0.326. The number of hydrogen-bond donors (Lipinski definition) is 1. The molecule has 0 saturated carbocycles. The first-order chi connectivity index (χ1) is 5.33. The van der Waals surface area contributed by atoms with Gasteiger partial charge in [0.2, 0.25) is 5.88 Å². The van der Waals surface area contributed by atoms with Crippen LogP contribution >= 0.6 is 11.6 Å². The molecule has 1 aromatic rings. The van der Waals surface area contributed by atoms with Crippen LogP contribution in [0.3, 0.4) is 0 Å². The minimum atomic E-state index is -0.0474. The van der Waals surface area contributed by atoms with E-state index in [1.165, 1.54) is 12.4 Å². The normalized spacial score (nSPS) is 9.64. The predicted octanol–water partition coefficient (Wildman–Crippen LogP) is 0.501. The number of nitrogens with zero attached hydrogens (tertiary/aromatic N) is 2. The molecule has 0 unspecified atom stereocenters. The minimum Gasteiger partial charge on any atom is -0.474 e. The molecule has 5 heteroatoms. The zero-order valence-corrected chi connectivity index (χ0v) is 6.45. The summed E-state index contributed by atoms with van der Waals surface area (Å²) in [5, 5.41) is 8.67. The Labute approximate surface area is 68.8 Å². The second-order valence-corrected chi connectivity index (χ2v) is 2.14. The van der Waals surface area contributed by atoms with Crippen molar-refractivity contribution >= 4 is 11.6 Å². The van der Waals surface area contributed by atoms with Crippen molar-refractivity contribution in [1.29, 1.82) is 0 Å². The van der Waals surface area contributed by atoms with Gasteiger partial charge in [-0.3, -0.25) is 4.98 Å². The van der Waals surface area contributed by atoms with Crippen LogP contribution in [0.5, 0.6) is 5.88 Å². The van der Waals surface area contributed by atoms with E-state index in [9.17, 15) is 0 Å². The van der Waals surface area contributed by atoms with E-state index in [4.69, 9.17) is 21.4 Å². The summed E-state index contributed by atoms with van der Waals surface area (Å²) in [7, 11) is 0. The molecule has 1 aromatic heterocycles. The van der Waals surface area contributed by atoms with Crippen molar-refractivity contribution < 1.29 is 9.84 Å². The molecule has 4 nitrogen and oxygen atoms in total. The Morgan fingerprint density at radius 2 is 2.36 bits per heavy atom. The van der Waals surface area contributed by atoms with Gasteiger partial charge in [-0.15, -0.1) is 0 Å². The largest absolute Gasteiger partial charge is 0.474 e. The summed E-state index contributed by atoms with van der Waals surface area (Å²) in [4.78, 5) is 7.52. The van der Waals surface area contributed by atoms with Gasteiger partial charge in [0.05, 0.1) is 19.0 Å².